The molecule has 0 aromatic rings. The van der Waals surface area contributed by atoms with Crippen molar-refractivity contribution in [2.45, 2.75) is 47.1 Å². The summed E-state index contributed by atoms with van der Waals surface area (Å²) in [6.45, 7) is 12.5. The van der Waals surface area contributed by atoms with E-state index in [-0.39, 0.29) is 12.1 Å². The van der Waals surface area contributed by atoms with E-state index in [0.717, 1.165) is 19.5 Å². The summed E-state index contributed by atoms with van der Waals surface area (Å²) >= 11 is 0. The Bertz CT molecular complexity index is 180. The van der Waals surface area contributed by atoms with Gasteiger partial charge in [-0.1, -0.05) is 27.2 Å². The monoisotopic (exact) mass is 215 g/mol. The molecular weight excluding hydrogens is 190 g/mol. The maximum atomic E-state index is 11.4. The van der Waals surface area contributed by atoms with Gasteiger partial charge in [-0.2, -0.15) is 0 Å². The molecule has 0 aromatic carbocycles. The SMILES string of the molecule is CCC(C)CN(CC)CC(=O)OC(C)C. The first-order chi connectivity index (χ1) is 6.99. The van der Waals surface area contributed by atoms with Crippen molar-refractivity contribution < 1.29 is 9.53 Å². The van der Waals surface area contributed by atoms with Crippen molar-refractivity contribution in [3.8, 4) is 0 Å². The van der Waals surface area contributed by atoms with E-state index in [2.05, 4.69) is 25.7 Å². The van der Waals surface area contributed by atoms with E-state index in [0.29, 0.717) is 12.5 Å². The van der Waals surface area contributed by atoms with Crippen LogP contribution in [-0.2, 0) is 9.53 Å². The van der Waals surface area contributed by atoms with Gasteiger partial charge in [0.1, 0.15) is 0 Å². The molecular formula is C12H25NO2. The van der Waals surface area contributed by atoms with E-state index in [1.54, 1.807) is 0 Å². The minimum atomic E-state index is -0.116. The molecule has 0 bridgehead atoms. The summed E-state index contributed by atoms with van der Waals surface area (Å²) in [6, 6.07) is 0. The van der Waals surface area contributed by atoms with Crippen LogP contribution in [0.5, 0.6) is 0 Å². The third kappa shape index (κ3) is 7.37. The van der Waals surface area contributed by atoms with Crippen molar-refractivity contribution in [1.29, 1.82) is 0 Å². The molecule has 90 valence electrons. The molecule has 0 N–H and O–H groups in total. The Morgan fingerprint density at radius 3 is 2.27 bits per heavy atom. The van der Waals surface area contributed by atoms with Crippen LogP contribution in [0.4, 0.5) is 0 Å². The van der Waals surface area contributed by atoms with Gasteiger partial charge < -0.3 is 4.74 Å². The third-order valence-corrected chi connectivity index (χ3v) is 2.43. The molecule has 0 heterocycles. The zero-order valence-corrected chi connectivity index (χ0v) is 10.7. The first kappa shape index (κ1) is 14.4. The van der Waals surface area contributed by atoms with Crippen molar-refractivity contribution in [3.05, 3.63) is 0 Å². The molecule has 1 atom stereocenters. The number of hydrogen-bond acceptors (Lipinski definition) is 3. The predicted octanol–water partition coefficient (Wildman–Crippen LogP) is 2.31. The molecule has 0 aromatic heterocycles. The Balaban J connectivity index is 3.92. The minimum Gasteiger partial charge on any atom is -0.462 e. The van der Waals surface area contributed by atoms with Crippen LogP contribution in [0.3, 0.4) is 0 Å². The van der Waals surface area contributed by atoms with Crippen LogP contribution in [0, 0.1) is 5.92 Å². The topological polar surface area (TPSA) is 29.5 Å². The molecule has 3 nitrogen and oxygen atoms in total. The van der Waals surface area contributed by atoms with Crippen LogP contribution in [0.1, 0.15) is 41.0 Å². The second kappa shape index (κ2) is 7.69. The van der Waals surface area contributed by atoms with E-state index in [9.17, 15) is 4.79 Å². The zero-order valence-electron chi connectivity index (χ0n) is 10.7. The summed E-state index contributed by atoms with van der Waals surface area (Å²) in [4.78, 5) is 13.6. The highest BCUT2D eigenvalue weighted by atomic mass is 16.5. The lowest BCUT2D eigenvalue weighted by Gasteiger charge is -2.23. The highest BCUT2D eigenvalue weighted by Crippen LogP contribution is 2.04. The molecule has 0 aliphatic heterocycles. The van der Waals surface area contributed by atoms with E-state index >= 15 is 0 Å². The maximum absolute atomic E-state index is 11.4. The number of carbonyl (C=O) groups is 1. The molecule has 0 spiro atoms. The molecule has 0 aliphatic carbocycles. The van der Waals surface area contributed by atoms with Crippen molar-refractivity contribution in [3.63, 3.8) is 0 Å². The van der Waals surface area contributed by atoms with Crippen molar-refractivity contribution in [2.75, 3.05) is 19.6 Å². The summed E-state index contributed by atoms with van der Waals surface area (Å²) in [7, 11) is 0. The third-order valence-electron chi connectivity index (χ3n) is 2.43. The summed E-state index contributed by atoms with van der Waals surface area (Å²) in [5, 5.41) is 0. The number of likely N-dealkylation sites (N-methyl/N-ethyl adjacent to an activating group) is 1. The lowest BCUT2D eigenvalue weighted by atomic mass is 10.1. The fourth-order valence-corrected chi connectivity index (χ4v) is 1.36. The van der Waals surface area contributed by atoms with E-state index in [4.69, 9.17) is 4.74 Å². The van der Waals surface area contributed by atoms with Crippen LogP contribution >= 0.6 is 0 Å². The predicted molar refractivity (Wildman–Crippen MR) is 62.8 cm³/mol. The van der Waals surface area contributed by atoms with Crippen LogP contribution in [0.2, 0.25) is 0 Å². The molecule has 0 rings (SSSR count). The second-order valence-electron chi connectivity index (χ2n) is 4.38. The Labute approximate surface area is 93.8 Å². The molecule has 1 unspecified atom stereocenters. The Morgan fingerprint density at radius 2 is 1.87 bits per heavy atom. The van der Waals surface area contributed by atoms with Crippen molar-refractivity contribution in [2.24, 2.45) is 5.92 Å². The van der Waals surface area contributed by atoms with Gasteiger partial charge in [-0.05, 0) is 26.3 Å². The Morgan fingerprint density at radius 1 is 1.27 bits per heavy atom. The zero-order chi connectivity index (χ0) is 11.8. The van der Waals surface area contributed by atoms with Crippen LogP contribution in [0.15, 0.2) is 0 Å². The van der Waals surface area contributed by atoms with Gasteiger partial charge in [0.25, 0.3) is 0 Å². The van der Waals surface area contributed by atoms with Gasteiger partial charge in [0.15, 0.2) is 0 Å². The van der Waals surface area contributed by atoms with Crippen molar-refractivity contribution >= 4 is 5.97 Å². The van der Waals surface area contributed by atoms with E-state index in [1.807, 2.05) is 13.8 Å². The van der Waals surface area contributed by atoms with Gasteiger partial charge in [-0.3, -0.25) is 9.69 Å². The van der Waals surface area contributed by atoms with Crippen LogP contribution in [0.25, 0.3) is 0 Å². The number of carbonyl (C=O) groups excluding carboxylic acids is 1. The fourth-order valence-electron chi connectivity index (χ4n) is 1.36. The van der Waals surface area contributed by atoms with Crippen LogP contribution in [-0.4, -0.2) is 36.6 Å². The number of rotatable bonds is 7. The first-order valence-corrected chi connectivity index (χ1v) is 5.91. The van der Waals surface area contributed by atoms with Gasteiger partial charge in [0.2, 0.25) is 0 Å². The van der Waals surface area contributed by atoms with Crippen molar-refractivity contribution in [1.82, 2.24) is 4.90 Å². The molecule has 15 heavy (non-hydrogen) atoms. The quantitative estimate of drug-likeness (QED) is 0.610. The summed E-state index contributed by atoms with van der Waals surface area (Å²) in [5.74, 6) is 0.520. The molecule has 0 saturated carbocycles. The standard InChI is InChI=1S/C12H25NO2/c1-6-11(5)8-13(7-2)9-12(14)15-10(3)4/h10-11H,6-9H2,1-5H3. The van der Waals surface area contributed by atoms with Crippen LogP contribution < -0.4 is 0 Å². The maximum Gasteiger partial charge on any atom is 0.320 e. The largest absolute Gasteiger partial charge is 0.462 e. The Kier molecular flexibility index (Phi) is 7.39. The fraction of sp³-hybridized carbons (Fsp3) is 0.917. The van der Waals surface area contributed by atoms with Gasteiger partial charge >= 0.3 is 5.97 Å². The lowest BCUT2D eigenvalue weighted by molar-refractivity contribution is -0.148. The number of hydrogen-bond donors (Lipinski definition) is 0. The molecule has 3 heteroatoms. The normalized spacial score (nSPS) is 13.3. The Hall–Kier alpha value is -0.570. The summed E-state index contributed by atoms with van der Waals surface area (Å²) in [5.41, 5.74) is 0. The minimum absolute atomic E-state index is 0.0141. The smallest absolute Gasteiger partial charge is 0.320 e. The van der Waals surface area contributed by atoms with Gasteiger partial charge in [0, 0.05) is 6.54 Å². The second-order valence-corrected chi connectivity index (χ2v) is 4.38. The lowest BCUT2D eigenvalue weighted by Crippen LogP contribution is -2.35. The number of nitrogens with zero attached hydrogens (tertiary/aromatic N) is 1. The average Bonchev–Trinajstić information content (AvgIpc) is 2.15. The number of ether oxygens (including phenoxy) is 1. The number of esters is 1. The highest BCUT2D eigenvalue weighted by Gasteiger charge is 2.13. The summed E-state index contributed by atoms with van der Waals surface area (Å²) < 4.78 is 5.12. The van der Waals surface area contributed by atoms with E-state index < -0.39 is 0 Å². The first-order valence-electron chi connectivity index (χ1n) is 5.91. The highest BCUT2D eigenvalue weighted by molar-refractivity contribution is 5.71. The molecule has 0 fully saturated rings. The van der Waals surface area contributed by atoms with E-state index in [1.165, 1.54) is 0 Å². The van der Waals surface area contributed by atoms with Gasteiger partial charge in [-0.15, -0.1) is 0 Å². The van der Waals surface area contributed by atoms with Gasteiger partial charge in [-0.25, -0.2) is 0 Å². The molecule has 0 aliphatic rings. The van der Waals surface area contributed by atoms with Gasteiger partial charge in [0.05, 0.1) is 12.6 Å². The summed E-state index contributed by atoms with van der Waals surface area (Å²) in [6.07, 6.45) is 1.13. The average molecular weight is 215 g/mol. The molecule has 0 amide bonds. The molecule has 0 saturated heterocycles. The molecule has 0 radical (unpaired) electrons.